The maximum absolute atomic E-state index is 13.7. The van der Waals surface area contributed by atoms with Gasteiger partial charge in [-0.05, 0) is 32.0 Å². The zero-order chi connectivity index (χ0) is 22.9. The molecule has 0 aliphatic carbocycles. The molecule has 166 valence electrons. The lowest BCUT2D eigenvalue weighted by Crippen LogP contribution is -2.71. The fourth-order valence-corrected chi connectivity index (χ4v) is 6.44. The van der Waals surface area contributed by atoms with E-state index in [2.05, 4.69) is 5.32 Å². The van der Waals surface area contributed by atoms with Crippen molar-refractivity contribution in [2.45, 2.75) is 49.8 Å². The van der Waals surface area contributed by atoms with Crippen LogP contribution in [0.25, 0.3) is 10.9 Å². The molecule has 8 rings (SSSR count). The number of carbonyl (C=O) groups excluding carboxylic acids is 2. The van der Waals surface area contributed by atoms with Crippen molar-refractivity contribution in [2.75, 3.05) is 4.90 Å². The second-order valence-electron chi connectivity index (χ2n) is 9.52. The van der Waals surface area contributed by atoms with Gasteiger partial charge < -0.3 is 10.4 Å². The third kappa shape index (κ3) is 1.97. The van der Waals surface area contributed by atoms with E-state index in [-0.39, 0.29) is 23.8 Å². The lowest BCUT2D eigenvalue weighted by molar-refractivity contribution is -0.157. The van der Waals surface area contributed by atoms with Crippen LogP contribution in [0.1, 0.15) is 37.7 Å². The van der Waals surface area contributed by atoms with Crippen molar-refractivity contribution in [3.05, 3.63) is 70.3 Å². The molecule has 9 heteroatoms. The molecule has 0 radical (unpaired) electrons. The molecular weight excluding hydrogens is 422 g/mol. The van der Waals surface area contributed by atoms with E-state index < -0.39 is 29.5 Å². The molecule has 0 spiro atoms. The van der Waals surface area contributed by atoms with Crippen molar-refractivity contribution in [2.24, 2.45) is 0 Å². The largest absolute Gasteiger partial charge is 0.381 e. The summed E-state index contributed by atoms with van der Waals surface area (Å²) in [4.78, 5) is 48.9. The van der Waals surface area contributed by atoms with Gasteiger partial charge in [-0.1, -0.05) is 30.3 Å². The van der Waals surface area contributed by atoms with Gasteiger partial charge in [-0.3, -0.25) is 23.9 Å². The number of anilines is 1. The van der Waals surface area contributed by atoms with Crippen LogP contribution >= 0.6 is 0 Å². The quantitative estimate of drug-likeness (QED) is 0.535. The van der Waals surface area contributed by atoms with Gasteiger partial charge in [0.25, 0.3) is 5.56 Å². The van der Waals surface area contributed by atoms with E-state index in [9.17, 15) is 19.5 Å². The lowest BCUT2D eigenvalue weighted by atomic mass is 9.81. The average molecular weight is 443 g/mol. The van der Waals surface area contributed by atoms with Crippen LogP contribution in [-0.2, 0) is 20.9 Å². The molecule has 33 heavy (non-hydrogen) atoms. The molecule has 5 aliphatic heterocycles. The van der Waals surface area contributed by atoms with Gasteiger partial charge in [0.05, 0.1) is 22.6 Å². The van der Waals surface area contributed by atoms with E-state index in [0.717, 1.165) is 0 Å². The molecule has 2 bridgehead atoms. The predicted molar refractivity (Wildman–Crippen MR) is 118 cm³/mol. The maximum atomic E-state index is 13.7. The molecular formula is C24H21N5O4. The summed E-state index contributed by atoms with van der Waals surface area (Å²) < 4.78 is 1.43. The van der Waals surface area contributed by atoms with Crippen molar-refractivity contribution in [3.8, 4) is 0 Å². The van der Waals surface area contributed by atoms with E-state index >= 15 is 0 Å². The first-order chi connectivity index (χ1) is 15.8. The fourth-order valence-electron chi connectivity index (χ4n) is 6.44. The predicted octanol–water partition coefficient (Wildman–Crippen LogP) is 0.908. The standard InChI is InChI=1S/C24H21N5O4/c1-12-19(31)28-16-10-6-4-8-14(16)24(33)11-17-18(30)26-23(2,29(12)22(24)28)21-25-15-9-5-3-7-13(15)20(32)27(17)21/h3-10,12,17,22,33H,11H2,1-2H3,(H,26,30)/t12-,17+,22-,23-,24-/m0/s1. The number of rotatable bonds is 0. The third-order valence-electron chi connectivity index (χ3n) is 7.82. The Balaban J connectivity index is 1.61. The van der Waals surface area contributed by atoms with Gasteiger partial charge in [0.2, 0.25) is 11.8 Å². The van der Waals surface area contributed by atoms with Gasteiger partial charge in [0, 0.05) is 12.0 Å². The molecule has 2 aromatic carbocycles. The second-order valence-corrected chi connectivity index (χ2v) is 9.52. The first kappa shape index (κ1) is 19.0. The highest BCUT2D eigenvalue weighted by Gasteiger charge is 2.69. The Bertz CT molecular complexity index is 1480. The van der Waals surface area contributed by atoms with Crippen LogP contribution in [-0.4, -0.2) is 43.6 Å². The molecule has 9 nitrogen and oxygen atoms in total. The highest BCUT2D eigenvalue weighted by molar-refractivity contribution is 6.03. The monoisotopic (exact) mass is 443 g/mol. The first-order valence-corrected chi connectivity index (χ1v) is 11.0. The molecule has 5 atom stereocenters. The highest BCUT2D eigenvalue weighted by Crippen LogP contribution is 2.56. The SMILES string of the molecule is C[C@H]1C(=O)N2c3ccccc3[C@@]3(O)C[C@@H]4C(=O)N[C@](C)(c5nc6ccccc6c(=O)n54)N1[C@H]23. The molecule has 1 aromatic heterocycles. The molecule has 2 fully saturated rings. The molecule has 0 unspecified atom stereocenters. The van der Waals surface area contributed by atoms with Gasteiger partial charge in [-0.15, -0.1) is 0 Å². The van der Waals surface area contributed by atoms with E-state index in [0.29, 0.717) is 28.0 Å². The van der Waals surface area contributed by atoms with Crippen LogP contribution in [0.15, 0.2) is 53.3 Å². The summed E-state index contributed by atoms with van der Waals surface area (Å²) in [6.45, 7) is 3.52. The second kappa shape index (κ2) is 5.67. The summed E-state index contributed by atoms with van der Waals surface area (Å²) in [7, 11) is 0. The number of fused-ring (bicyclic) bond motifs is 4. The minimum atomic E-state index is -1.54. The smallest absolute Gasteiger partial charge is 0.262 e. The first-order valence-electron chi connectivity index (χ1n) is 11.0. The number of carbonyl (C=O) groups is 2. The summed E-state index contributed by atoms with van der Waals surface area (Å²) >= 11 is 0. The Morgan fingerprint density at radius 1 is 1.09 bits per heavy atom. The van der Waals surface area contributed by atoms with Crippen molar-refractivity contribution in [1.29, 1.82) is 0 Å². The van der Waals surface area contributed by atoms with Crippen LogP contribution in [0.2, 0.25) is 0 Å². The summed E-state index contributed by atoms with van der Waals surface area (Å²) in [5.74, 6) is -0.173. The zero-order valence-corrected chi connectivity index (χ0v) is 18.0. The van der Waals surface area contributed by atoms with Gasteiger partial charge in [-0.2, -0.15) is 0 Å². The number of aromatic nitrogens is 2. The van der Waals surface area contributed by atoms with E-state index in [4.69, 9.17) is 4.98 Å². The van der Waals surface area contributed by atoms with Crippen LogP contribution < -0.4 is 15.8 Å². The Kier molecular flexibility index (Phi) is 3.26. The van der Waals surface area contributed by atoms with Gasteiger partial charge in [0.15, 0.2) is 11.5 Å². The fraction of sp³-hybridized carbons (Fsp3) is 0.333. The minimum absolute atomic E-state index is 0.0590. The van der Waals surface area contributed by atoms with Crippen molar-refractivity contribution < 1.29 is 14.7 Å². The summed E-state index contributed by atoms with van der Waals surface area (Å²) in [6.07, 6.45) is -0.793. The highest BCUT2D eigenvalue weighted by atomic mass is 16.3. The molecule has 2 saturated heterocycles. The Morgan fingerprint density at radius 2 is 1.82 bits per heavy atom. The van der Waals surface area contributed by atoms with Crippen LogP contribution in [0, 0.1) is 0 Å². The van der Waals surface area contributed by atoms with Crippen LogP contribution in [0.3, 0.4) is 0 Å². The number of benzene rings is 2. The van der Waals surface area contributed by atoms with Gasteiger partial charge in [0.1, 0.15) is 17.8 Å². The van der Waals surface area contributed by atoms with Crippen LogP contribution in [0.5, 0.6) is 0 Å². The van der Waals surface area contributed by atoms with E-state index in [1.165, 1.54) is 4.57 Å². The normalized spacial score (nSPS) is 34.0. The van der Waals surface area contributed by atoms with Gasteiger partial charge in [-0.25, -0.2) is 9.88 Å². The summed E-state index contributed by atoms with van der Waals surface area (Å²) in [5, 5.41) is 15.7. The maximum Gasteiger partial charge on any atom is 0.262 e. The number of amides is 2. The molecule has 6 heterocycles. The lowest BCUT2D eigenvalue weighted by Gasteiger charge is -2.53. The molecule has 0 saturated carbocycles. The summed E-state index contributed by atoms with van der Waals surface area (Å²) in [6, 6.07) is 12.6. The van der Waals surface area contributed by atoms with E-state index in [1.807, 2.05) is 29.2 Å². The number of hydrogen-bond donors (Lipinski definition) is 2. The van der Waals surface area contributed by atoms with E-state index in [1.54, 1.807) is 43.0 Å². The number of aliphatic hydroxyl groups is 1. The number of nitrogens with zero attached hydrogens (tertiary/aromatic N) is 4. The Hall–Kier alpha value is -3.56. The molecule has 2 amide bonds. The van der Waals surface area contributed by atoms with Gasteiger partial charge >= 0.3 is 0 Å². The van der Waals surface area contributed by atoms with Crippen molar-refractivity contribution >= 4 is 28.4 Å². The van der Waals surface area contributed by atoms with Crippen molar-refractivity contribution in [1.82, 2.24) is 19.8 Å². The third-order valence-corrected chi connectivity index (χ3v) is 7.82. The topological polar surface area (TPSA) is 108 Å². The molecule has 2 N–H and O–H groups in total. The molecule has 3 aromatic rings. The Labute approximate surface area is 188 Å². The number of para-hydroxylation sites is 2. The molecule has 5 aliphatic rings. The summed E-state index contributed by atoms with van der Waals surface area (Å²) in [5.41, 5.74) is -1.41. The Morgan fingerprint density at radius 3 is 2.64 bits per heavy atom. The minimum Gasteiger partial charge on any atom is -0.381 e. The van der Waals surface area contributed by atoms with Crippen molar-refractivity contribution in [3.63, 3.8) is 0 Å². The zero-order valence-electron chi connectivity index (χ0n) is 18.0. The number of hydrogen-bond acceptors (Lipinski definition) is 6. The van der Waals surface area contributed by atoms with Crippen LogP contribution in [0.4, 0.5) is 5.69 Å². The average Bonchev–Trinajstić information content (AvgIpc) is 3.21. The number of nitrogens with one attached hydrogen (secondary N) is 1.